The van der Waals surface area contributed by atoms with Crippen molar-refractivity contribution in [1.29, 1.82) is 0 Å². The maximum atomic E-state index is 12.1. The third-order valence-corrected chi connectivity index (χ3v) is 7.83. The maximum Gasteiger partial charge on any atom is 0.137 e. The monoisotopic (exact) mass is 288 g/mol. The van der Waals surface area contributed by atoms with Gasteiger partial charge in [0.2, 0.25) is 0 Å². The minimum atomic E-state index is -0.0961. The lowest BCUT2D eigenvalue weighted by atomic mass is 9.47. The minimum Gasteiger partial charge on any atom is -0.393 e. The SMILES string of the molecule is C[C@]12CC(=O)CC=C1CC[C@@H]1[C@@H]2CC[C@]2(C)C(O)CC[C@@H]12. The molecule has 0 aromatic rings. The Labute approximate surface area is 128 Å². The van der Waals surface area contributed by atoms with Crippen molar-refractivity contribution in [3.05, 3.63) is 11.6 Å². The number of carbonyl (C=O) groups is 1. The molecule has 0 aromatic carbocycles. The fourth-order valence-corrected chi connectivity index (χ4v) is 6.60. The topological polar surface area (TPSA) is 37.3 Å². The molecule has 3 fully saturated rings. The average molecular weight is 288 g/mol. The summed E-state index contributed by atoms with van der Waals surface area (Å²) in [5, 5.41) is 10.4. The van der Waals surface area contributed by atoms with Gasteiger partial charge in [-0.1, -0.05) is 25.5 Å². The highest BCUT2D eigenvalue weighted by molar-refractivity contribution is 5.82. The van der Waals surface area contributed by atoms with Crippen LogP contribution in [0.4, 0.5) is 0 Å². The zero-order valence-corrected chi connectivity index (χ0v) is 13.4. The molecule has 0 bridgehead atoms. The van der Waals surface area contributed by atoms with E-state index in [9.17, 15) is 9.90 Å². The van der Waals surface area contributed by atoms with Gasteiger partial charge < -0.3 is 5.11 Å². The Morgan fingerprint density at radius 1 is 1.14 bits per heavy atom. The largest absolute Gasteiger partial charge is 0.393 e. The third-order valence-electron chi connectivity index (χ3n) is 7.83. The number of aliphatic hydroxyl groups excluding tert-OH is 1. The minimum absolute atomic E-state index is 0.0961. The van der Waals surface area contributed by atoms with Crippen molar-refractivity contribution >= 4 is 5.78 Å². The second-order valence-electron chi connectivity index (χ2n) is 8.62. The van der Waals surface area contributed by atoms with Crippen LogP contribution in [0, 0.1) is 28.6 Å². The third kappa shape index (κ3) is 1.78. The van der Waals surface area contributed by atoms with Gasteiger partial charge in [0.15, 0.2) is 0 Å². The van der Waals surface area contributed by atoms with Gasteiger partial charge in [-0.15, -0.1) is 0 Å². The summed E-state index contributed by atoms with van der Waals surface area (Å²) in [4.78, 5) is 12.1. The van der Waals surface area contributed by atoms with Crippen molar-refractivity contribution < 1.29 is 9.90 Å². The molecule has 1 unspecified atom stereocenters. The number of aliphatic hydroxyl groups is 1. The quantitative estimate of drug-likeness (QED) is 0.687. The predicted octanol–water partition coefficient (Wildman–Crippen LogP) is 3.88. The molecule has 116 valence electrons. The Morgan fingerprint density at radius 2 is 1.95 bits per heavy atom. The van der Waals surface area contributed by atoms with Crippen LogP contribution < -0.4 is 0 Å². The van der Waals surface area contributed by atoms with Crippen LogP contribution in [0.2, 0.25) is 0 Å². The highest BCUT2D eigenvalue weighted by Crippen LogP contribution is 2.65. The van der Waals surface area contributed by atoms with Gasteiger partial charge in [0.25, 0.3) is 0 Å². The van der Waals surface area contributed by atoms with Crippen molar-refractivity contribution in [2.75, 3.05) is 0 Å². The molecular formula is C19H28O2. The molecule has 1 N–H and O–H groups in total. The van der Waals surface area contributed by atoms with E-state index in [1.54, 1.807) is 5.57 Å². The van der Waals surface area contributed by atoms with Crippen molar-refractivity contribution in [1.82, 2.24) is 0 Å². The van der Waals surface area contributed by atoms with Crippen LogP contribution in [0.5, 0.6) is 0 Å². The molecule has 4 aliphatic carbocycles. The van der Waals surface area contributed by atoms with Gasteiger partial charge in [-0.25, -0.2) is 0 Å². The first-order chi connectivity index (χ1) is 9.95. The molecule has 4 rings (SSSR count). The van der Waals surface area contributed by atoms with Gasteiger partial charge in [0.1, 0.15) is 5.78 Å². The lowest BCUT2D eigenvalue weighted by Gasteiger charge is -2.57. The fraction of sp³-hybridized carbons (Fsp3) is 0.842. The molecule has 0 saturated heterocycles. The molecule has 2 heteroatoms. The van der Waals surface area contributed by atoms with Crippen LogP contribution in [0.15, 0.2) is 11.6 Å². The summed E-state index contributed by atoms with van der Waals surface area (Å²) in [6.07, 6.45) is 10.6. The molecule has 0 heterocycles. The molecule has 4 aliphatic rings. The van der Waals surface area contributed by atoms with Crippen molar-refractivity contribution in [3.63, 3.8) is 0 Å². The van der Waals surface area contributed by atoms with E-state index < -0.39 is 0 Å². The molecule has 2 nitrogen and oxygen atoms in total. The zero-order valence-electron chi connectivity index (χ0n) is 13.4. The van der Waals surface area contributed by atoms with E-state index in [0.717, 1.165) is 25.2 Å². The van der Waals surface area contributed by atoms with E-state index in [1.807, 2.05) is 0 Å². The number of fused-ring (bicyclic) bond motifs is 5. The average Bonchev–Trinajstić information content (AvgIpc) is 2.74. The molecule has 0 amide bonds. The Balaban J connectivity index is 1.70. The highest BCUT2D eigenvalue weighted by atomic mass is 16.3. The van der Waals surface area contributed by atoms with E-state index in [4.69, 9.17) is 0 Å². The van der Waals surface area contributed by atoms with Gasteiger partial charge in [-0.3, -0.25) is 4.79 Å². The number of Topliss-reactive ketones (excluding diaryl/α,β-unsaturated/α-hetero) is 1. The first-order valence-electron chi connectivity index (χ1n) is 8.84. The van der Waals surface area contributed by atoms with Gasteiger partial charge in [0.05, 0.1) is 6.10 Å². The van der Waals surface area contributed by atoms with Crippen LogP contribution in [0.25, 0.3) is 0 Å². The first-order valence-corrected chi connectivity index (χ1v) is 8.84. The van der Waals surface area contributed by atoms with E-state index in [0.29, 0.717) is 24.0 Å². The van der Waals surface area contributed by atoms with Crippen LogP contribution >= 0.6 is 0 Å². The number of carbonyl (C=O) groups excluding carboxylic acids is 1. The lowest BCUT2D eigenvalue weighted by molar-refractivity contribution is -0.125. The van der Waals surface area contributed by atoms with Crippen molar-refractivity contribution in [2.45, 2.75) is 71.3 Å². The Morgan fingerprint density at radius 3 is 2.76 bits per heavy atom. The fourth-order valence-electron chi connectivity index (χ4n) is 6.60. The first kappa shape index (κ1) is 14.0. The summed E-state index contributed by atoms with van der Waals surface area (Å²) in [5.74, 6) is 2.52. The van der Waals surface area contributed by atoms with Crippen molar-refractivity contribution in [3.8, 4) is 0 Å². The summed E-state index contributed by atoms with van der Waals surface area (Å²) >= 11 is 0. The van der Waals surface area contributed by atoms with Crippen LogP contribution in [-0.4, -0.2) is 17.0 Å². The standard InChI is InChI=1S/C19H28O2/c1-18-10-9-16-14(15(18)7-8-17(18)21)6-4-12-3-5-13(20)11-19(12,16)2/h3,14-17,21H,4-11H2,1-2H3/t14-,15-,16-,17?,18-,19-/m0/s1. The Kier molecular flexibility index (Phi) is 2.96. The van der Waals surface area contributed by atoms with Crippen LogP contribution in [0.3, 0.4) is 0 Å². The summed E-state index contributed by atoms with van der Waals surface area (Å²) in [6, 6.07) is 0. The molecule has 3 saturated carbocycles. The molecule has 0 aromatic heterocycles. The number of hydrogen-bond donors (Lipinski definition) is 1. The van der Waals surface area contributed by atoms with E-state index in [-0.39, 0.29) is 16.9 Å². The molecule has 6 atom stereocenters. The number of ketones is 1. The van der Waals surface area contributed by atoms with E-state index in [2.05, 4.69) is 19.9 Å². The zero-order chi connectivity index (χ0) is 14.8. The normalized spacial score (nSPS) is 52.7. The summed E-state index contributed by atoms with van der Waals surface area (Å²) in [7, 11) is 0. The van der Waals surface area contributed by atoms with Gasteiger partial charge in [0, 0.05) is 12.8 Å². The smallest absolute Gasteiger partial charge is 0.137 e. The number of allylic oxidation sites excluding steroid dienone is 2. The molecule has 21 heavy (non-hydrogen) atoms. The van der Waals surface area contributed by atoms with Crippen molar-refractivity contribution in [2.24, 2.45) is 28.6 Å². The van der Waals surface area contributed by atoms with Gasteiger partial charge in [-0.05, 0) is 67.1 Å². The summed E-state index contributed by atoms with van der Waals surface area (Å²) < 4.78 is 0. The molecule has 0 aliphatic heterocycles. The Hall–Kier alpha value is -0.630. The number of rotatable bonds is 0. The maximum absolute atomic E-state index is 12.1. The Bertz CT molecular complexity index is 508. The molecular weight excluding hydrogens is 260 g/mol. The molecule has 0 radical (unpaired) electrons. The molecule has 0 spiro atoms. The van der Waals surface area contributed by atoms with Crippen LogP contribution in [0.1, 0.15) is 65.2 Å². The highest BCUT2D eigenvalue weighted by Gasteiger charge is 2.58. The summed E-state index contributed by atoms with van der Waals surface area (Å²) in [5.41, 5.74) is 1.86. The van der Waals surface area contributed by atoms with E-state index in [1.165, 1.54) is 25.7 Å². The predicted molar refractivity (Wildman–Crippen MR) is 82.7 cm³/mol. The second-order valence-corrected chi connectivity index (χ2v) is 8.62. The van der Waals surface area contributed by atoms with Gasteiger partial charge >= 0.3 is 0 Å². The number of hydrogen-bond acceptors (Lipinski definition) is 2. The van der Waals surface area contributed by atoms with E-state index >= 15 is 0 Å². The second kappa shape index (κ2) is 4.44. The lowest BCUT2D eigenvalue weighted by Crippen LogP contribution is -2.51. The van der Waals surface area contributed by atoms with Crippen LogP contribution in [-0.2, 0) is 4.79 Å². The van der Waals surface area contributed by atoms with Gasteiger partial charge in [-0.2, -0.15) is 0 Å². The summed E-state index contributed by atoms with van der Waals surface area (Å²) in [6.45, 7) is 4.69.